The molecule has 0 unspecified atom stereocenters. The van der Waals surface area contributed by atoms with Crippen LogP contribution in [0.1, 0.15) is 12.8 Å². The molecule has 1 aliphatic rings. The fourth-order valence-corrected chi connectivity index (χ4v) is 1.18. The third-order valence-corrected chi connectivity index (χ3v) is 2.04. The number of carbonyl (C=O) groups is 1. The van der Waals surface area contributed by atoms with Crippen LogP contribution < -0.4 is 5.32 Å². The second-order valence-corrected chi connectivity index (χ2v) is 3.28. The summed E-state index contributed by atoms with van der Waals surface area (Å²) < 4.78 is 53.1. The summed E-state index contributed by atoms with van der Waals surface area (Å²) in [5.41, 5.74) is 0. The first-order valence-corrected chi connectivity index (χ1v) is 4.49. The quantitative estimate of drug-likeness (QED) is 0.735. The summed E-state index contributed by atoms with van der Waals surface area (Å²) in [6.07, 6.45) is -3.45. The Kier molecular flexibility index (Phi) is 3.90. The minimum Gasteiger partial charge on any atom is -0.368 e. The average Bonchev–Trinajstić information content (AvgIpc) is 2.66. The van der Waals surface area contributed by atoms with Crippen LogP contribution in [0.5, 0.6) is 0 Å². The largest absolute Gasteiger partial charge is 0.368 e. The lowest BCUT2D eigenvalue weighted by Crippen LogP contribution is -2.44. The van der Waals surface area contributed by atoms with E-state index in [9.17, 15) is 22.4 Å². The topological polar surface area (TPSA) is 38.3 Å². The predicted octanol–water partition coefficient (Wildman–Crippen LogP) is 1.18. The third-order valence-electron chi connectivity index (χ3n) is 2.04. The van der Waals surface area contributed by atoms with Gasteiger partial charge in [0.2, 0.25) is 5.91 Å². The number of hydrogen-bond acceptors (Lipinski definition) is 2. The first kappa shape index (κ1) is 12.2. The Hall–Kier alpha value is -0.850. The van der Waals surface area contributed by atoms with Crippen molar-refractivity contribution in [2.75, 3.05) is 13.2 Å². The van der Waals surface area contributed by atoms with Crippen LogP contribution >= 0.6 is 0 Å². The average molecular weight is 229 g/mol. The lowest BCUT2D eigenvalue weighted by molar-refractivity contribution is -0.141. The Morgan fingerprint density at radius 1 is 1.53 bits per heavy atom. The second-order valence-electron chi connectivity index (χ2n) is 3.28. The van der Waals surface area contributed by atoms with E-state index >= 15 is 0 Å². The Balaban J connectivity index is 2.33. The van der Waals surface area contributed by atoms with Gasteiger partial charge >= 0.3 is 12.3 Å². The Morgan fingerprint density at radius 3 is 2.67 bits per heavy atom. The first-order chi connectivity index (χ1) is 6.93. The molecule has 0 aromatic carbocycles. The Morgan fingerprint density at radius 2 is 2.20 bits per heavy atom. The molecule has 1 fully saturated rings. The molecular weight excluding hydrogens is 218 g/mol. The number of alkyl halides is 4. The molecule has 0 bridgehead atoms. The molecule has 0 spiro atoms. The van der Waals surface area contributed by atoms with Crippen LogP contribution in [0.2, 0.25) is 0 Å². The molecule has 88 valence electrons. The second kappa shape index (κ2) is 4.78. The standard InChI is InChI=1S/C8H11F4NO2/c9-7(10)8(11,12)4-13-6(14)5-2-1-3-15-5/h5,7H,1-4H2,(H,13,14)/t5-/m1/s1. The van der Waals surface area contributed by atoms with Gasteiger partial charge in [0.25, 0.3) is 0 Å². The summed E-state index contributed by atoms with van der Waals surface area (Å²) in [6, 6.07) is 0. The smallest absolute Gasteiger partial charge is 0.324 e. The highest BCUT2D eigenvalue weighted by atomic mass is 19.3. The van der Waals surface area contributed by atoms with Crippen molar-refractivity contribution in [2.45, 2.75) is 31.3 Å². The maximum absolute atomic E-state index is 12.4. The zero-order valence-electron chi connectivity index (χ0n) is 7.81. The summed E-state index contributed by atoms with van der Waals surface area (Å²) in [5, 5.41) is 1.75. The molecule has 1 amide bonds. The number of amides is 1. The molecule has 1 saturated heterocycles. The van der Waals surface area contributed by atoms with Crippen molar-refractivity contribution in [3.05, 3.63) is 0 Å². The van der Waals surface area contributed by atoms with E-state index in [4.69, 9.17) is 4.74 Å². The van der Waals surface area contributed by atoms with Crippen LogP contribution in [0.25, 0.3) is 0 Å². The summed E-state index contributed by atoms with van der Waals surface area (Å²) in [5.74, 6) is -4.94. The van der Waals surface area contributed by atoms with Gasteiger partial charge in [-0.1, -0.05) is 0 Å². The molecule has 0 aromatic heterocycles. The van der Waals surface area contributed by atoms with Gasteiger partial charge in [0.1, 0.15) is 6.10 Å². The van der Waals surface area contributed by atoms with E-state index in [-0.39, 0.29) is 0 Å². The van der Waals surface area contributed by atoms with Crippen LogP contribution in [0.4, 0.5) is 17.6 Å². The van der Waals surface area contributed by atoms with Gasteiger partial charge < -0.3 is 10.1 Å². The monoisotopic (exact) mass is 229 g/mol. The minimum atomic E-state index is -4.19. The van der Waals surface area contributed by atoms with Gasteiger partial charge in [0.15, 0.2) is 0 Å². The van der Waals surface area contributed by atoms with E-state index in [1.165, 1.54) is 0 Å². The summed E-state index contributed by atoms with van der Waals surface area (Å²) in [4.78, 5) is 11.1. The number of nitrogens with one attached hydrogen (secondary N) is 1. The van der Waals surface area contributed by atoms with Gasteiger partial charge in [-0.3, -0.25) is 4.79 Å². The molecule has 1 rings (SSSR count). The molecule has 0 saturated carbocycles. The van der Waals surface area contributed by atoms with Gasteiger partial charge in [-0.25, -0.2) is 8.78 Å². The van der Waals surface area contributed by atoms with Crippen LogP contribution in [0.15, 0.2) is 0 Å². The van der Waals surface area contributed by atoms with Gasteiger partial charge in [-0.15, -0.1) is 0 Å². The van der Waals surface area contributed by atoms with Crippen molar-refractivity contribution >= 4 is 5.91 Å². The minimum absolute atomic E-state index is 0.392. The number of rotatable bonds is 4. The molecule has 7 heteroatoms. The van der Waals surface area contributed by atoms with Crippen LogP contribution in [-0.4, -0.2) is 37.5 Å². The molecule has 1 atom stereocenters. The molecule has 0 aliphatic carbocycles. The molecular formula is C8H11F4NO2. The van der Waals surface area contributed by atoms with Crippen molar-refractivity contribution in [2.24, 2.45) is 0 Å². The summed E-state index contributed by atoms with van der Waals surface area (Å²) >= 11 is 0. The van der Waals surface area contributed by atoms with E-state index in [1.54, 1.807) is 5.32 Å². The van der Waals surface area contributed by atoms with Gasteiger partial charge in [-0.05, 0) is 12.8 Å². The zero-order chi connectivity index (χ0) is 11.5. The van der Waals surface area contributed by atoms with Crippen molar-refractivity contribution in [1.29, 1.82) is 0 Å². The summed E-state index contributed by atoms with van der Waals surface area (Å²) in [7, 11) is 0. The maximum Gasteiger partial charge on any atom is 0.324 e. The van der Waals surface area contributed by atoms with Crippen LogP contribution in [0, 0.1) is 0 Å². The maximum atomic E-state index is 12.4. The fraction of sp³-hybridized carbons (Fsp3) is 0.875. The lowest BCUT2D eigenvalue weighted by atomic mass is 10.2. The third kappa shape index (κ3) is 3.33. The number of carbonyl (C=O) groups excluding carboxylic acids is 1. The van der Waals surface area contributed by atoms with E-state index in [2.05, 4.69) is 0 Å². The number of ether oxygens (including phenoxy) is 1. The SMILES string of the molecule is O=C(NCC(F)(F)C(F)F)[C@H]1CCCO1. The first-order valence-electron chi connectivity index (χ1n) is 4.49. The predicted molar refractivity (Wildman–Crippen MR) is 42.9 cm³/mol. The highest BCUT2D eigenvalue weighted by Crippen LogP contribution is 2.21. The van der Waals surface area contributed by atoms with Gasteiger partial charge in [0.05, 0.1) is 6.54 Å². The van der Waals surface area contributed by atoms with Crippen LogP contribution in [0.3, 0.4) is 0 Å². The highest BCUT2D eigenvalue weighted by Gasteiger charge is 2.41. The zero-order valence-corrected chi connectivity index (χ0v) is 7.81. The molecule has 0 radical (unpaired) electrons. The normalized spacial score (nSPS) is 22.1. The van der Waals surface area contributed by atoms with Crippen molar-refractivity contribution in [3.63, 3.8) is 0 Å². The van der Waals surface area contributed by atoms with E-state index in [0.29, 0.717) is 19.4 Å². The Bertz CT molecular complexity index is 229. The molecule has 1 heterocycles. The molecule has 1 aliphatic heterocycles. The van der Waals surface area contributed by atoms with Crippen molar-refractivity contribution in [1.82, 2.24) is 5.32 Å². The Labute approximate surface area is 83.8 Å². The van der Waals surface area contributed by atoms with E-state index in [1.807, 2.05) is 0 Å². The number of hydrogen-bond donors (Lipinski definition) is 1. The van der Waals surface area contributed by atoms with Gasteiger partial charge in [-0.2, -0.15) is 8.78 Å². The van der Waals surface area contributed by atoms with E-state index in [0.717, 1.165) is 0 Å². The van der Waals surface area contributed by atoms with Gasteiger partial charge in [0, 0.05) is 6.61 Å². The molecule has 3 nitrogen and oxygen atoms in total. The van der Waals surface area contributed by atoms with Crippen molar-refractivity contribution in [3.8, 4) is 0 Å². The molecule has 0 aromatic rings. The molecule has 15 heavy (non-hydrogen) atoms. The molecule has 1 N–H and O–H groups in total. The van der Waals surface area contributed by atoms with Crippen molar-refractivity contribution < 1.29 is 27.1 Å². The lowest BCUT2D eigenvalue weighted by Gasteiger charge is -2.17. The highest BCUT2D eigenvalue weighted by molar-refractivity contribution is 5.81. The number of halogens is 4. The fourth-order valence-electron chi connectivity index (χ4n) is 1.18. The summed E-state index contributed by atoms with van der Waals surface area (Å²) in [6.45, 7) is -0.966. The van der Waals surface area contributed by atoms with E-state index < -0.39 is 30.9 Å². The van der Waals surface area contributed by atoms with Crippen LogP contribution in [-0.2, 0) is 9.53 Å².